The Morgan fingerprint density at radius 1 is 0.714 bits per heavy atom. The van der Waals surface area contributed by atoms with Gasteiger partial charge >= 0.3 is 17.2 Å². The van der Waals surface area contributed by atoms with E-state index in [1.54, 1.807) is 73.7 Å². The fourth-order valence-electron chi connectivity index (χ4n) is 6.18. The van der Waals surface area contributed by atoms with Gasteiger partial charge in [-0.25, -0.2) is 28.4 Å². The monoisotopic (exact) mass is 799 g/mol. The molecule has 0 aliphatic carbocycles. The van der Waals surface area contributed by atoms with E-state index in [1.807, 2.05) is 19.1 Å². The number of carbonyl (C=O) groups excluding carboxylic acids is 1. The molecule has 0 spiro atoms. The summed E-state index contributed by atoms with van der Waals surface area (Å²) in [6, 6.07) is 25.0. The highest BCUT2D eigenvalue weighted by Crippen LogP contribution is 2.34. The number of esters is 1. The van der Waals surface area contributed by atoms with E-state index in [9.17, 15) is 38.5 Å². The molecule has 2 aromatic heterocycles. The van der Waals surface area contributed by atoms with Crippen molar-refractivity contribution in [1.82, 2.24) is 0 Å². The Labute approximate surface area is 323 Å². The van der Waals surface area contributed by atoms with Crippen LogP contribution in [0.3, 0.4) is 0 Å². The Balaban J connectivity index is 0.000000214. The first kappa shape index (κ1) is 42.2. The minimum absolute atomic E-state index is 0.0184. The third kappa shape index (κ3) is 10.3. The van der Waals surface area contributed by atoms with Crippen LogP contribution >= 0.6 is 11.8 Å². The lowest BCUT2D eigenvalue weighted by Gasteiger charge is -2.41. The molecule has 300 valence electrons. The molecule has 6 unspecified atom stereocenters. The number of nitrogens with one attached hydrogen (secondary N) is 2. The first-order valence-corrected chi connectivity index (χ1v) is 18.0. The Hall–Kier alpha value is -4.94. The Morgan fingerprint density at radius 2 is 1.23 bits per heavy atom. The summed E-state index contributed by atoms with van der Waals surface area (Å²) in [7, 11) is 0. The second-order valence-corrected chi connectivity index (χ2v) is 13.2. The van der Waals surface area contributed by atoms with E-state index in [1.165, 1.54) is 12.1 Å². The summed E-state index contributed by atoms with van der Waals surface area (Å²) in [6.45, 7) is 4.10. The number of nitrogens with two attached hydrogens (primary N) is 1. The van der Waals surface area contributed by atoms with E-state index >= 15 is 0 Å². The van der Waals surface area contributed by atoms with Crippen molar-refractivity contribution in [3.8, 4) is 0 Å². The molecule has 2 fully saturated rings. The van der Waals surface area contributed by atoms with Crippen molar-refractivity contribution in [2.24, 2.45) is 17.1 Å². The maximum Gasteiger partial charge on any atom is 0.340 e. The van der Waals surface area contributed by atoms with Crippen molar-refractivity contribution in [3.63, 3.8) is 0 Å². The molecule has 0 radical (unpaired) electrons. The van der Waals surface area contributed by atoms with Crippen LogP contribution in [-0.4, -0.2) is 83.7 Å². The second-order valence-electron chi connectivity index (χ2n) is 13.2. The molecule has 0 bridgehead atoms. The number of fused-ring (bicyclic) bond motifs is 2. The van der Waals surface area contributed by atoms with Gasteiger partial charge in [-0.1, -0.05) is 32.0 Å². The van der Waals surface area contributed by atoms with Gasteiger partial charge in [0, 0.05) is 59.5 Å². The number of alkyl halides is 2. The number of carbonyl (C=O) groups is 1. The predicted octanol–water partition coefficient (Wildman–Crippen LogP) is 4.48. The number of benzene rings is 3. The van der Waals surface area contributed by atoms with Gasteiger partial charge in [0.1, 0.15) is 29.5 Å². The first-order chi connectivity index (χ1) is 26.9. The number of ether oxygens (including phenoxy) is 3. The minimum Gasteiger partial charge on any atom is -0.429 e. The van der Waals surface area contributed by atoms with Crippen molar-refractivity contribution < 1.29 is 51.9 Å². The van der Waals surface area contributed by atoms with E-state index in [4.69, 9.17) is 23.0 Å². The highest BCUT2D eigenvalue weighted by Gasteiger charge is 2.45. The third-order valence-electron chi connectivity index (χ3n) is 9.62. The van der Waals surface area contributed by atoms with Crippen LogP contribution in [0.25, 0.3) is 21.9 Å². The number of hydrogen-bond acceptors (Lipinski definition) is 14. The molecule has 0 saturated carbocycles. The lowest BCUT2D eigenvalue weighted by molar-refractivity contribution is -0.262. The fraction of sp³-hybridized carbons (Fsp3) is 0.359. The molecule has 7 rings (SSSR count). The average Bonchev–Trinajstić information content (AvgIpc) is 3.21. The highest BCUT2D eigenvalue weighted by atomic mass is 35.5. The van der Waals surface area contributed by atoms with Gasteiger partial charge in [0.15, 0.2) is 18.6 Å². The van der Waals surface area contributed by atoms with Crippen LogP contribution in [0.4, 0.5) is 20.2 Å². The number of anilines is 2. The van der Waals surface area contributed by atoms with Crippen molar-refractivity contribution in [3.05, 3.63) is 117 Å². The maximum atomic E-state index is 14.9. The standard InChI is InChI=1S/C24H24FNO5.C15H16FNO6.ClH2N/c1-14-15(2)22(25)24(31-23(28)17-6-4-3-5-7-17)30-20(14)13-26-18-10-8-16-9-11-21(27)29-19(16)12-18;16-12-14(20)13(19)10(23-15(12)21)6-17-8-3-1-7-2-4-11(18)22-9(7)5-8;1-2/h3-12,14-15,20,22,24,26H,13H2,1-2H3;1-5,10,12-15,17,19-21H,6H2;2H2/t14-,15?,20?,22-,24?;10?,12-,13+,14?,15?;/m00./s1/i25-1;16-1;. The number of hydrogen-bond donors (Lipinski definition) is 6. The number of aliphatic hydroxyl groups is 3. The van der Waals surface area contributed by atoms with Crippen LogP contribution in [0.1, 0.15) is 24.2 Å². The Kier molecular flexibility index (Phi) is 14.5. The second kappa shape index (κ2) is 19.3. The molecule has 56 heavy (non-hydrogen) atoms. The molecule has 4 heterocycles. The van der Waals surface area contributed by atoms with Crippen LogP contribution in [0.5, 0.6) is 0 Å². The molecule has 14 nitrogen and oxygen atoms in total. The highest BCUT2D eigenvalue weighted by molar-refractivity contribution is 6.11. The number of halogens is 3. The van der Waals surface area contributed by atoms with Crippen molar-refractivity contribution in [1.29, 1.82) is 0 Å². The van der Waals surface area contributed by atoms with Gasteiger partial charge in [0.2, 0.25) is 6.29 Å². The SMILES string of the molecule is CC1[C@H](C)C(CNc2ccc3ccc(=O)oc3c2)OC(OC(=O)c2ccccc2)[C@H]1[18F].NCl.O=c1ccc2ccc(NCC3OC(O)[C@@H]([18F])C(O)[C@@H]3O)cc2o1. The van der Waals surface area contributed by atoms with E-state index in [-0.39, 0.29) is 24.5 Å². The van der Waals surface area contributed by atoms with Crippen LogP contribution < -0.4 is 27.1 Å². The van der Waals surface area contributed by atoms with E-state index < -0.39 is 60.5 Å². The normalized spacial score (nSPS) is 27.2. The van der Waals surface area contributed by atoms with Gasteiger partial charge in [-0.15, -0.1) is 0 Å². The lowest BCUT2D eigenvalue weighted by atomic mass is 9.84. The molecule has 2 aliphatic heterocycles. The molecule has 5 aromatic rings. The summed E-state index contributed by atoms with van der Waals surface area (Å²) in [5.74, 6) is -1.08. The smallest absolute Gasteiger partial charge is 0.340 e. The van der Waals surface area contributed by atoms with Crippen LogP contribution in [-0.2, 0) is 14.2 Å². The maximum absolute atomic E-state index is 14.9. The number of rotatable bonds is 8. The predicted molar refractivity (Wildman–Crippen MR) is 204 cm³/mol. The average molecular weight is 800 g/mol. The topological polar surface area (TPSA) is 216 Å². The fourth-order valence-corrected chi connectivity index (χ4v) is 6.18. The summed E-state index contributed by atoms with van der Waals surface area (Å²) < 4.78 is 54.6. The van der Waals surface area contributed by atoms with Gasteiger partial charge in [-0.2, -0.15) is 0 Å². The van der Waals surface area contributed by atoms with E-state index in [0.717, 1.165) is 16.5 Å². The van der Waals surface area contributed by atoms with Crippen LogP contribution in [0.15, 0.2) is 109 Å². The lowest BCUT2D eigenvalue weighted by Crippen LogP contribution is -2.57. The third-order valence-corrected chi connectivity index (χ3v) is 9.62. The van der Waals surface area contributed by atoms with Gasteiger partial charge in [-0.05, 0) is 72.1 Å². The van der Waals surface area contributed by atoms with Crippen molar-refractivity contribution in [2.75, 3.05) is 23.7 Å². The minimum atomic E-state index is -2.06. The largest absolute Gasteiger partial charge is 0.429 e. The molecule has 17 heteroatoms. The molecular formula is C39H42ClF2N3O11. The van der Waals surface area contributed by atoms with Gasteiger partial charge < -0.3 is 49.0 Å². The van der Waals surface area contributed by atoms with Gasteiger partial charge in [0.25, 0.3) is 0 Å². The zero-order valence-corrected chi connectivity index (χ0v) is 30.9. The van der Waals surface area contributed by atoms with E-state index in [2.05, 4.69) is 27.7 Å². The molecular weight excluding hydrogens is 758 g/mol. The van der Waals surface area contributed by atoms with E-state index in [0.29, 0.717) is 29.0 Å². The molecule has 2 saturated heterocycles. The van der Waals surface area contributed by atoms with Gasteiger partial charge in [0.05, 0.1) is 11.7 Å². The van der Waals surface area contributed by atoms with Crippen LogP contribution in [0.2, 0.25) is 0 Å². The summed E-state index contributed by atoms with van der Waals surface area (Å²) in [5.41, 5.74) is 1.63. The zero-order chi connectivity index (χ0) is 40.5. The summed E-state index contributed by atoms with van der Waals surface area (Å²) in [6.07, 6.45) is -11.1. The molecule has 2 aliphatic rings. The summed E-state index contributed by atoms with van der Waals surface area (Å²) in [5, 5.41) is 40.4. The Bertz CT molecular complexity index is 2180. The molecule has 3 aromatic carbocycles. The number of aliphatic hydroxyl groups excluding tert-OH is 3. The molecule has 10 atom stereocenters. The van der Waals surface area contributed by atoms with Crippen molar-refractivity contribution in [2.45, 2.75) is 63.2 Å². The first-order valence-electron chi connectivity index (χ1n) is 17.5. The summed E-state index contributed by atoms with van der Waals surface area (Å²) >= 11 is 4.14. The molecule has 7 N–H and O–H groups in total. The van der Waals surface area contributed by atoms with Crippen LogP contribution in [0, 0.1) is 11.8 Å². The summed E-state index contributed by atoms with van der Waals surface area (Å²) in [4.78, 5) is 35.0. The van der Waals surface area contributed by atoms with Crippen molar-refractivity contribution >= 4 is 51.1 Å². The zero-order valence-electron chi connectivity index (χ0n) is 30.2. The Morgan fingerprint density at radius 3 is 1.79 bits per heavy atom. The quantitative estimate of drug-likeness (QED) is 0.0726. The van der Waals surface area contributed by atoms with Gasteiger partial charge in [-0.3, -0.25) is 0 Å². The molecule has 0 amide bonds.